The monoisotopic (exact) mass is 507 g/mol. The Morgan fingerprint density at radius 1 is 0.351 bits per heavy atom. The molecule has 0 fully saturated rings. The van der Waals surface area contributed by atoms with Gasteiger partial charge in [-0.15, -0.1) is 0 Å². The Kier molecular flexibility index (Phi) is 7.42. The van der Waals surface area contributed by atoms with Crippen molar-refractivity contribution in [2.75, 3.05) is 0 Å². The molecule has 5 heteroatoms. The Labute approximate surface area is 217 Å². The molecule has 0 spiro atoms. The first-order valence-corrected chi connectivity index (χ1v) is 13.8. The van der Waals surface area contributed by atoms with Crippen molar-refractivity contribution in [3.63, 3.8) is 0 Å². The molecular weight excluding hydrogens is 479 g/mol. The number of carbonyl (C=O) groups is 4. The summed E-state index contributed by atoms with van der Waals surface area (Å²) in [5.41, 5.74) is 1.42. The van der Waals surface area contributed by atoms with E-state index in [2.05, 4.69) is 0 Å². The van der Waals surface area contributed by atoms with Crippen LogP contribution in [-0.2, 0) is 0 Å². The third-order valence-corrected chi connectivity index (χ3v) is 9.88. The van der Waals surface area contributed by atoms with Gasteiger partial charge in [-0.2, -0.15) is 0 Å². The highest BCUT2D eigenvalue weighted by Gasteiger charge is 2.68. The second kappa shape index (κ2) is 10.5. The van der Waals surface area contributed by atoms with Gasteiger partial charge in [-0.05, 0) is 76.2 Å². The van der Waals surface area contributed by atoms with E-state index in [1.54, 1.807) is 97.1 Å². The Hall–Kier alpha value is -4.01. The minimum absolute atomic E-state index is 0.167. The number of rotatable bonds is 8. The Bertz CT molecular complexity index is 1250. The SMILES string of the molecule is Cc1ccc(C(=O)[P+](C(=O)c2ccc(C)cc2)(C(=O)c2ccc(C)cc2)C(=O)c2ccc(C)cc2)cc1. The van der Waals surface area contributed by atoms with E-state index in [4.69, 9.17) is 0 Å². The lowest BCUT2D eigenvalue weighted by atomic mass is 10.2. The summed E-state index contributed by atoms with van der Waals surface area (Å²) in [6, 6.07) is 26.6. The summed E-state index contributed by atoms with van der Waals surface area (Å²) >= 11 is 0. The predicted molar refractivity (Wildman–Crippen MR) is 149 cm³/mol. The minimum Gasteiger partial charge on any atom is -0.245 e. The molecule has 37 heavy (non-hydrogen) atoms. The van der Waals surface area contributed by atoms with Crippen LogP contribution in [0.2, 0.25) is 0 Å². The smallest absolute Gasteiger partial charge is 0.245 e. The molecule has 0 unspecified atom stereocenters. The lowest BCUT2D eigenvalue weighted by Gasteiger charge is -2.20. The molecule has 184 valence electrons. The van der Waals surface area contributed by atoms with Crippen LogP contribution < -0.4 is 0 Å². The van der Waals surface area contributed by atoms with Crippen LogP contribution in [0.1, 0.15) is 63.7 Å². The number of aryl methyl sites for hydroxylation is 4. The Morgan fingerprint density at radius 2 is 0.514 bits per heavy atom. The molecule has 0 heterocycles. The van der Waals surface area contributed by atoms with Gasteiger partial charge in [0, 0.05) is 0 Å². The molecule has 0 radical (unpaired) electrons. The van der Waals surface area contributed by atoms with Crippen LogP contribution in [0.4, 0.5) is 0 Å². The zero-order chi connectivity index (χ0) is 26.7. The van der Waals surface area contributed by atoms with E-state index in [9.17, 15) is 19.2 Å². The van der Waals surface area contributed by atoms with Gasteiger partial charge in [-0.25, -0.2) is 19.2 Å². The third kappa shape index (κ3) is 4.98. The van der Waals surface area contributed by atoms with Gasteiger partial charge in [0.1, 0.15) is 0 Å². The summed E-state index contributed by atoms with van der Waals surface area (Å²) in [5, 5.41) is 0. The van der Waals surface area contributed by atoms with E-state index >= 15 is 0 Å². The lowest BCUT2D eigenvalue weighted by molar-refractivity contribution is 0.0985. The lowest BCUT2D eigenvalue weighted by Crippen LogP contribution is -2.30. The van der Waals surface area contributed by atoms with Crippen LogP contribution in [-0.4, -0.2) is 22.1 Å². The molecule has 0 saturated carbocycles. The Morgan fingerprint density at radius 3 is 0.676 bits per heavy atom. The zero-order valence-electron chi connectivity index (χ0n) is 21.3. The van der Waals surface area contributed by atoms with Crippen LogP contribution >= 0.6 is 7.26 Å². The fourth-order valence-corrected chi connectivity index (χ4v) is 7.36. The molecule has 4 nitrogen and oxygen atoms in total. The first kappa shape index (κ1) is 26.1. The highest BCUT2D eigenvalue weighted by atomic mass is 31.2. The topological polar surface area (TPSA) is 68.3 Å². The van der Waals surface area contributed by atoms with Gasteiger partial charge in [0.2, 0.25) is 0 Å². The van der Waals surface area contributed by atoms with Crippen molar-refractivity contribution in [1.29, 1.82) is 0 Å². The zero-order valence-corrected chi connectivity index (χ0v) is 22.2. The number of hydrogen-bond donors (Lipinski definition) is 0. The minimum atomic E-state index is -4.36. The number of carbonyl (C=O) groups excluding carboxylic acids is 4. The molecule has 0 saturated heterocycles. The van der Waals surface area contributed by atoms with Crippen molar-refractivity contribution in [2.24, 2.45) is 0 Å². The first-order chi connectivity index (χ1) is 17.6. The molecule has 4 aromatic rings. The summed E-state index contributed by atoms with van der Waals surface area (Å²) in [5.74, 6) is 0. The average Bonchev–Trinajstić information content (AvgIpc) is 2.90. The molecule has 0 aliphatic heterocycles. The summed E-state index contributed by atoms with van der Waals surface area (Å²) in [4.78, 5) is 57.6. The van der Waals surface area contributed by atoms with E-state index in [-0.39, 0.29) is 22.3 Å². The average molecular weight is 508 g/mol. The van der Waals surface area contributed by atoms with Gasteiger partial charge in [0.25, 0.3) is 0 Å². The predicted octanol–water partition coefficient (Wildman–Crippen LogP) is 7.60. The van der Waals surface area contributed by atoms with E-state index in [0.29, 0.717) is 0 Å². The quantitative estimate of drug-likeness (QED) is 0.230. The van der Waals surface area contributed by atoms with Crippen molar-refractivity contribution in [3.05, 3.63) is 142 Å². The van der Waals surface area contributed by atoms with E-state index in [0.717, 1.165) is 22.3 Å². The number of hydrogen-bond acceptors (Lipinski definition) is 4. The summed E-state index contributed by atoms with van der Waals surface area (Å²) in [6.45, 7) is 7.51. The molecule has 0 amide bonds. The van der Waals surface area contributed by atoms with Crippen LogP contribution in [0.25, 0.3) is 0 Å². The maximum atomic E-state index is 14.4. The third-order valence-electron chi connectivity index (χ3n) is 6.41. The summed E-state index contributed by atoms with van der Waals surface area (Å²) in [6.07, 6.45) is 0. The molecule has 0 aliphatic carbocycles. The Balaban J connectivity index is 2.04. The highest BCUT2D eigenvalue weighted by molar-refractivity contribution is 8.27. The maximum Gasteiger partial charge on any atom is 0.324 e. The second-order valence-electron chi connectivity index (χ2n) is 9.36. The van der Waals surface area contributed by atoms with Crippen molar-refractivity contribution >= 4 is 29.4 Å². The molecule has 0 N–H and O–H groups in total. The van der Waals surface area contributed by atoms with Gasteiger partial charge < -0.3 is 0 Å². The van der Waals surface area contributed by atoms with Crippen molar-refractivity contribution in [2.45, 2.75) is 27.7 Å². The van der Waals surface area contributed by atoms with Crippen molar-refractivity contribution < 1.29 is 19.2 Å². The van der Waals surface area contributed by atoms with Gasteiger partial charge in [-0.3, -0.25) is 0 Å². The van der Waals surface area contributed by atoms with Gasteiger partial charge in [0.15, 0.2) is 0 Å². The molecule has 0 aromatic heterocycles. The summed E-state index contributed by atoms with van der Waals surface area (Å²) in [7, 11) is -4.36. The number of benzene rings is 4. The van der Waals surface area contributed by atoms with Crippen LogP contribution in [0, 0.1) is 27.7 Å². The highest BCUT2D eigenvalue weighted by Crippen LogP contribution is 2.67. The normalized spacial score (nSPS) is 11.1. The van der Waals surface area contributed by atoms with Crippen LogP contribution in [0.5, 0.6) is 0 Å². The molecule has 4 aromatic carbocycles. The summed E-state index contributed by atoms with van der Waals surface area (Å²) < 4.78 is 0. The molecule has 0 atom stereocenters. The molecule has 0 aliphatic rings. The van der Waals surface area contributed by atoms with Gasteiger partial charge in [-0.1, -0.05) is 70.8 Å². The van der Waals surface area contributed by atoms with Gasteiger partial charge in [0.05, 0.1) is 22.3 Å². The maximum absolute atomic E-state index is 14.4. The van der Waals surface area contributed by atoms with Gasteiger partial charge >= 0.3 is 29.4 Å². The molecular formula is C32H28O4P+. The second-order valence-corrected chi connectivity index (χ2v) is 12.3. The largest absolute Gasteiger partial charge is 0.324 e. The van der Waals surface area contributed by atoms with Crippen LogP contribution in [0.3, 0.4) is 0 Å². The fraction of sp³-hybridized carbons (Fsp3) is 0.125. The van der Waals surface area contributed by atoms with Crippen molar-refractivity contribution in [3.8, 4) is 0 Å². The first-order valence-electron chi connectivity index (χ1n) is 12.0. The van der Waals surface area contributed by atoms with Crippen LogP contribution in [0.15, 0.2) is 97.1 Å². The van der Waals surface area contributed by atoms with E-state index in [1.165, 1.54) is 0 Å². The standard InChI is InChI=1S/C32H28O4P/c1-21-5-13-25(14-6-21)29(33)37(30(34)26-15-7-22(2)8-16-26,31(35)27-17-9-23(3)10-18-27)32(36)28-19-11-24(4)12-20-28/h5-20H,1-4H3/q+1. The fourth-order valence-electron chi connectivity index (χ4n) is 4.11. The van der Waals surface area contributed by atoms with E-state index in [1.807, 2.05) is 27.7 Å². The van der Waals surface area contributed by atoms with E-state index < -0.39 is 29.4 Å². The van der Waals surface area contributed by atoms with Crippen molar-refractivity contribution in [1.82, 2.24) is 0 Å². The molecule has 4 rings (SSSR count). The molecule has 0 bridgehead atoms.